The summed E-state index contributed by atoms with van der Waals surface area (Å²) in [6.07, 6.45) is 0. The van der Waals surface area contributed by atoms with Gasteiger partial charge in [-0.25, -0.2) is 0 Å². The van der Waals surface area contributed by atoms with Gasteiger partial charge in [0.05, 0.1) is 11.6 Å². The zero-order chi connectivity index (χ0) is 21.7. The van der Waals surface area contributed by atoms with Crippen molar-refractivity contribution in [3.8, 4) is 0 Å². The van der Waals surface area contributed by atoms with Crippen LogP contribution in [0.1, 0.15) is 27.2 Å². The van der Waals surface area contributed by atoms with E-state index < -0.39 is 23.5 Å². The molecule has 9 heteroatoms. The van der Waals surface area contributed by atoms with Gasteiger partial charge in [-0.3, -0.25) is 14.5 Å². The number of hydrogen-bond donors (Lipinski definition) is 1. The second-order valence-corrected chi connectivity index (χ2v) is 9.38. The number of ketones is 1. The third kappa shape index (κ3) is 3.33. The predicted molar refractivity (Wildman–Crippen MR) is 124 cm³/mol. The second kappa shape index (κ2) is 7.57. The first kappa shape index (κ1) is 19.9. The number of para-hydroxylation sites is 1. The van der Waals surface area contributed by atoms with Gasteiger partial charge in [-0.1, -0.05) is 41.7 Å². The molecule has 2 aromatic carbocycles. The minimum Gasteiger partial charge on any atom is -0.503 e. The molecule has 7 nitrogen and oxygen atoms in total. The summed E-state index contributed by atoms with van der Waals surface area (Å²) >= 11 is 3.39. The van der Waals surface area contributed by atoms with Crippen molar-refractivity contribution in [2.75, 3.05) is 4.90 Å². The number of aliphatic hydroxyl groups is 1. The van der Waals surface area contributed by atoms with E-state index in [9.17, 15) is 14.7 Å². The Bertz CT molecular complexity index is 1340. The molecule has 0 fully saturated rings. The molecular weight excluding hydrogens is 529 g/mol. The number of rotatable bonds is 4. The number of carbonyl (C=O) groups excluding carboxylic acids is 2. The molecule has 0 spiro atoms. The van der Waals surface area contributed by atoms with E-state index in [1.165, 1.54) is 16.2 Å². The smallest absolute Gasteiger partial charge is 0.296 e. The average molecular weight is 543 g/mol. The first-order valence-corrected chi connectivity index (χ1v) is 11.2. The van der Waals surface area contributed by atoms with E-state index in [1.807, 2.05) is 42.5 Å². The summed E-state index contributed by atoms with van der Waals surface area (Å²) in [5.74, 6) is -1.79. The standard InChI is InChI=1S/C22H14IN3O4S/c1-11-24-25-22(31-11)26-18(12-6-8-14(23)9-7-12)17(20(28)21(26)29)19(27)16-10-13-4-2-3-5-15(13)30-16/h2-10,18,28H,1H3. The van der Waals surface area contributed by atoms with Crippen molar-refractivity contribution in [2.45, 2.75) is 13.0 Å². The molecule has 2 aromatic heterocycles. The van der Waals surface area contributed by atoms with Crippen molar-refractivity contribution in [1.29, 1.82) is 0 Å². The maximum atomic E-state index is 13.5. The molecule has 0 bridgehead atoms. The van der Waals surface area contributed by atoms with Crippen LogP contribution in [0.4, 0.5) is 5.13 Å². The minimum atomic E-state index is -0.849. The number of nitrogens with zero attached hydrogens (tertiary/aromatic N) is 3. The van der Waals surface area contributed by atoms with E-state index in [0.717, 1.165) is 8.96 Å². The van der Waals surface area contributed by atoms with Crippen molar-refractivity contribution in [1.82, 2.24) is 10.2 Å². The number of carbonyl (C=O) groups is 2. The Morgan fingerprint density at radius 2 is 1.90 bits per heavy atom. The molecular formula is C22H14IN3O4S. The summed E-state index contributed by atoms with van der Waals surface area (Å²) in [4.78, 5) is 27.9. The highest BCUT2D eigenvalue weighted by atomic mass is 127. The van der Waals surface area contributed by atoms with E-state index in [2.05, 4.69) is 32.8 Å². The number of aromatic nitrogens is 2. The van der Waals surface area contributed by atoms with E-state index in [0.29, 0.717) is 21.3 Å². The van der Waals surface area contributed by atoms with Gasteiger partial charge in [0.15, 0.2) is 11.5 Å². The van der Waals surface area contributed by atoms with Crippen LogP contribution < -0.4 is 4.90 Å². The Balaban J connectivity index is 1.66. The number of anilines is 1. The Hall–Kier alpha value is -3.05. The highest BCUT2D eigenvalue weighted by Crippen LogP contribution is 2.43. The van der Waals surface area contributed by atoms with Crippen LogP contribution in [-0.4, -0.2) is 27.0 Å². The lowest BCUT2D eigenvalue weighted by molar-refractivity contribution is -0.117. The molecule has 1 unspecified atom stereocenters. The van der Waals surface area contributed by atoms with Crippen molar-refractivity contribution in [3.05, 3.63) is 85.8 Å². The normalized spacial score (nSPS) is 16.5. The number of fused-ring (bicyclic) bond motifs is 1. The maximum absolute atomic E-state index is 13.5. The molecule has 1 atom stereocenters. The summed E-state index contributed by atoms with van der Waals surface area (Å²) in [7, 11) is 0. The Labute approximate surface area is 194 Å². The SMILES string of the molecule is Cc1nnc(N2C(=O)C(O)=C(C(=O)c3cc4ccccc4o3)C2c2ccc(I)cc2)s1. The van der Waals surface area contributed by atoms with Crippen molar-refractivity contribution >= 4 is 61.7 Å². The third-order valence-corrected chi connectivity index (χ3v) is 6.57. The van der Waals surface area contributed by atoms with Crippen LogP contribution in [0.15, 0.2) is 70.3 Å². The minimum absolute atomic E-state index is 0.0434. The highest BCUT2D eigenvalue weighted by molar-refractivity contribution is 14.1. The van der Waals surface area contributed by atoms with Gasteiger partial charge in [0.25, 0.3) is 5.91 Å². The quantitative estimate of drug-likeness (QED) is 0.288. The third-order valence-electron chi connectivity index (χ3n) is 5.01. The van der Waals surface area contributed by atoms with Gasteiger partial charge < -0.3 is 9.52 Å². The molecule has 1 amide bonds. The molecule has 0 saturated heterocycles. The second-order valence-electron chi connectivity index (χ2n) is 6.97. The Morgan fingerprint density at radius 3 is 2.58 bits per heavy atom. The molecule has 1 aliphatic heterocycles. The summed E-state index contributed by atoms with van der Waals surface area (Å²) in [5, 5.41) is 20.6. The van der Waals surface area contributed by atoms with Gasteiger partial charge in [-0.2, -0.15) is 0 Å². The first-order chi connectivity index (χ1) is 14.9. The predicted octanol–water partition coefficient (Wildman–Crippen LogP) is 4.98. The van der Waals surface area contributed by atoms with Crippen LogP contribution in [0, 0.1) is 10.5 Å². The fraction of sp³-hybridized carbons (Fsp3) is 0.0909. The molecule has 0 radical (unpaired) electrons. The summed E-state index contributed by atoms with van der Waals surface area (Å²) in [6, 6.07) is 15.4. The van der Waals surface area contributed by atoms with Gasteiger partial charge in [0.1, 0.15) is 10.6 Å². The molecule has 3 heterocycles. The fourth-order valence-corrected chi connectivity index (χ4v) is 4.68. The molecule has 0 aliphatic carbocycles. The lowest BCUT2D eigenvalue weighted by Gasteiger charge is -2.23. The maximum Gasteiger partial charge on any atom is 0.296 e. The number of furan rings is 1. The van der Waals surface area contributed by atoms with E-state index >= 15 is 0 Å². The topological polar surface area (TPSA) is 96.5 Å². The first-order valence-electron chi connectivity index (χ1n) is 9.29. The average Bonchev–Trinajstić information content (AvgIpc) is 3.45. The van der Waals surface area contributed by atoms with Crippen LogP contribution >= 0.6 is 33.9 Å². The monoisotopic (exact) mass is 543 g/mol. The van der Waals surface area contributed by atoms with Gasteiger partial charge in [-0.15, -0.1) is 10.2 Å². The molecule has 0 saturated carbocycles. The van der Waals surface area contributed by atoms with Crippen LogP contribution in [-0.2, 0) is 4.79 Å². The molecule has 31 heavy (non-hydrogen) atoms. The number of Topliss-reactive ketones (excluding diaryl/α,β-unsaturated/α-hetero) is 1. The lowest BCUT2D eigenvalue weighted by Crippen LogP contribution is -2.31. The van der Waals surface area contributed by atoms with E-state index in [-0.39, 0.29) is 11.3 Å². The number of halogens is 1. The van der Waals surface area contributed by atoms with Gasteiger partial charge in [0, 0.05) is 8.96 Å². The van der Waals surface area contributed by atoms with Crippen molar-refractivity contribution in [2.24, 2.45) is 0 Å². The van der Waals surface area contributed by atoms with Gasteiger partial charge in [-0.05, 0) is 59.3 Å². The van der Waals surface area contributed by atoms with Crippen molar-refractivity contribution < 1.29 is 19.1 Å². The summed E-state index contributed by atoms with van der Waals surface area (Å²) in [6.45, 7) is 1.77. The van der Waals surface area contributed by atoms with E-state index in [4.69, 9.17) is 4.42 Å². The lowest BCUT2D eigenvalue weighted by atomic mass is 9.95. The highest BCUT2D eigenvalue weighted by Gasteiger charge is 2.46. The zero-order valence-electron chi connectivity index (χ0n) is 16.1. The van der Waals surface area contributed by atoms with Crippen LogP contribution in [0.2, 0.25) is 0 Å². The number of benzene rings is 2. The molecule has 4 aromatic rings. The van der Waals surface area contributed by atoms with Gasteiger partial charge in [0.2, 0.25) is 10.9 Å². The number of hydrogen-bond acceptors (Lipinski definition) is 7. The van der Waals surface area contributed by atoms with Crippen LogP contribution in [0.3, 0.4) is 0 Å². The van der Waals surface area contributed by atoms with Crippen LogP contribution in [0.25, 0.3) is 11.0 Å². The largest absolute Gasteiger partial charge is 0.503 e. The molecule has 154 valence electrons. The Kier molecular flexibility index (Phi) is 4.86. The zero-order valence-corrected chi connectivity index (χ0v) is 19.0. The fourth-order valence-electron chi connectivity index (χ4n) is 3.60. The molecule has 5 rings (SSSR count). The molecule has 1 N–H and O–H groups in total. The van der Waals surface area contributed by atoms with Gasteiger partial charge >= 0.3 is 0 Å². The number of amides is 1. The van der Waals surface area contributed by atoms with E-state index in [1.54, 1.807) is 19.1 Å². The van der Waals surface area contributed by atoms with Crippen LogP contribution in [0.5, 0.6) is 0 Å². The Morgan fingerprint density at radius 1 is 1.16 bits per heavy atom. The number of aryl methyl sites for hydroxylation is 1. The summed E-state index contributed by atoms with van der Waals surface area (Å²) in [5.41, 5.74) is 1.18. The number of aliphatic hydroxyl groups excluding tert-OH is 1. The molecule has 1 aliphatic rings. The van der Waals surface area contributed by atoms with Crippen molar-refractivity contribution in [3.63, 3.8) is 0 Å². The summed E-state index contributed by atoms with van der Waals surface area (Å²) < 4.78 is 6.73.